The monoisotopic (exact) mass is 254 g/mol. The molecule has 0 spiro atoms. The van der Waals surface area contributed by atoms with Crippen LogP contribution < -0.4 is 0 Å². The van der Waals surface area contributed by atoms with Gasteiger partial charge >= 0.3 is 0 Å². The highest BCUT2D eigenvalue weighted by Gasteiger charge is 2.05. The fourth-order valence-corrected chi connectivity index (χ4v) is 2.54. The molecule has 0 amide bonds. The number of rotatable bonds is 3. The Hall–Kier alpha value is -1.67. The van der Waals surface area contributed by atoms with Gasteiger partial charge in [-0.2, -0.15) is 0 Å². The number of hydrogen-bond donors (Lipinski definition) is 0. The van der Waals surface area contributed by atoms with Gasteiger partial charge in [0.05, 0.1) is 6.26 Å². The second kappa shape index (κ2) is 4.91. The third kappa shape index (κ3) is 2.16. The first-order chi connectivity index (χ1) is 8.86. The lowest BCUT2D eigenvalue weighted by atomic mass is 10.0. The molecule has 0 bridgehead atoms. The van der Waals surface area contributed by atoms with E-state index >= 15 is 0 Å². The van der Waals surface area contributed by atoms with E-state index in [4.69, 9.17) is 4.42 Å². The van der Waals surface area contributed by atoms with Gasteiger partial charge in [0.25, 0.3) is 0 Å². The number of hydrogen-bond acceptors (Lipinski definition) is 2. The zero-order valence-corrected chi connectivity index (χ0v) is 11.0. The van der Waals surface area contributed by atoms with Crippen LogP contribution >= 0.6 is 11.8 Å². The number of thioether (sulfide) groups is 1. The molecule has 0 saturated heterocycles. The molecule has 0 radical (unpaired) electrons. The SMILES string of the molecule is CSc1ccc(Cc2coc3ccccc23)cc1. The molecule has 2 aromatic carbocycles. The Labute approximate surface area is 111 Å². The van der Waals surface area contributed by atoms with Crippen LogP contribution in [0.2, 0.25) is 0 Å². The van der Waals surface area contributed by atoms with Crippen molar-refractivity contribution in [3.8, 4) is 0 Å². The number of fused-ring (bicyclic) bond motifs is 1. The minimum Gasteiger partial charge on any atom is -0.464 e. The van der Waals surface area contributed by atoms with E-state index in [1.54, 1.807) is 11.8 Å². The highest BCUT2D eigenvalue weighted by Crippen LogP contribution is 2.24. The van der Waals surface area contributed by atoms with E-state index in [1.807, 2.05) is 18.4 Å². The second-order valence-corrected chi connectivity index (χ2v) is 5.16. The highest BCUT2D eigenvalue weighted by atomic mass is 32.2. The predicted molar refractivity (Wildman–Crippen MR) is 77.2 cm³/mol. The third-order valence-corrected chi connectivity index (χ3v) is 3.86. The second-order valence-electron chi connectivity index (χ2n) is 4.28. The summed E-state index contributed by atoms with van der Waals surface area (Å²) in [6.07, 6.45) is 4.89. The van der Waals surface area contributed by atoms with Crippen molar-refractivity contribution in [3.63, 3.8) is 0 Å². The zero-order chi connectivity index (χ0) is 12.4. The maximum absolute atomic E-state index is 5.56. The molecule has 0 aliphatic rings. The van der Waals surface area contributed by atoms with Gasteiger partial charge in [-0.25, -0.2) is 0 Å². The van der Waals surface area contributed by atoms with Crippen LogP contribution in [0.15, 0.2) is 64.1 Å². The van der Waals surface area contributed by atoms with Crippen LogP contribution in [0.25, 0.3) is 11.0 Å². The Morgan fingerprint density at radius 2 is 1.78 bits per heavy atom. The van der Waals surface area contributed by atoms with Gasteiger partial charge < -0.3 is 4.42 Å². The van der Waals surface area contributed by atoms with Gasteiger partial charge in [-0.1, -0.05) is 30.3 Å². The molecule has 0 aliphatic carbocycles. The maximum Gasteiger partial charge on any atom is 0.134 e. The summed E-state index contributed by atoms with van der Waals surface area (Å²) in [6.45, 7) is 0. The van der Waals surface area contributed by atoms with E-state index in [0.29, 0.717) is 0 Å². The Morgan fingerprint density at radius 1 is 1.00 bits per heavy atom. The van der Waals surface area contributed by atoms with Crippen LogP contribution in [0.3, 0.4) is 0 Å². The van der Waals surface area contributed by atoms with Crippen molar-refractivity contribution in [1.29, 1.82) is 0 Å². The number of para-hydroxylation sites is 1. The van der Waals surface area contributed by atoms with Gasteiger partial charge in [-0.15, -0.1) is 11.8 Å². The molecule has 1 heterocycles. The Bertz CT molecular complexity index is 652. The summed E-state index contributed by atoms with van der Waals surface area (Å²) in [6, 6.07) is 16.9. The summed E-state index contributed by atoms with van der Waals surface area (Å²) >= 11 is 1.77. The van der Waals surface area contributed by atoms with E-state index in [0.717, 1.165) is 12.0 Å². The van der Waals surface area contributed by atoms with Gasteiger partial charge in [-0.3, -0.25) is 0 Å². The average molecular weight is 254 g/mol. The van der Waals surface area contributed by atoms with Gasteiger partial charge in [0.15, 0.2) is 0 Å². The molecule has 90 valence electrons. The molecule has 0 N–H and O–H groups in total. The van der Waals surface area contributed by atoms with Crippen molar-refractivity contribution >= 4 is 22.7 Å². The van der Waals surface area contributed by atoms with E-state index in [2.05, 4.69) is 42.7 Å². The summed E-state index contributed by atoms with van der Waals surface area (Å²) in [5.74, 6) is 0. The Kier molecular flexibility index (Phi) is 3.11. The fourth-order valence-electron chi connectivity index (χ4n) is 2.13. The first-order valence-electron chi connectivity index (χ1n) is 5.95. The van der Waals surface area contributed by atoms with Crippen molar-refractivity contribution < 1.29 is 4.42 Å². The maximum atomic E-state index is 5.56. The molecule has 18 heavy (non-hydrogen) atoms. The smallest absolute Gasteiger partial charge is 0.134 e. The van der Waals surface area contributed by atoms with E-state index < -0.39 is 0 Å². The van der Waals surface area contributed by atoms with Gasteiger partial charge in [0.1, 0.15) is 5.58 Å². The van der Waals surface area contributed by atoms with Crippen LogP contribution in [0.5, 0.6) is 0 Å². The minimum absolute atomic E-state index is 0.922. The number of benzene rings is 2. The lowest BCUT2D eigenvalue weighted by molar-refractivity contribution is 0.611. The van der Waals surface area contributed by atoms with E-state index in [1.165, 1.54) is 21.4 Å². The van der Waals surface area contributed by atoms with Gasteiger partial charge in [-0.05, 0) is 30.0 Å². The van der Waals surface area contributed by atoms with Crippen LogP contribution in [0.4, 0.5) is 0 Å². The van der Waals surface area contributed by atoms with Crippen molar-refractivity contribution in [2.75, 3.05) is 6.26 Å². The average Bonchev–Trinajstić information content (AvgIpc) is 2.83. The summed E-state index contributed by atoms with van der Waals surface area (Å²) in [5, 5.41) is 1.21. The molecule has 0 unspecified atom stereocenters. The van der Waals surface area contributed by atoms with Crippen molar-refractivity contribution in [1.82, 2.24) is 0 Å². The minimum atomic E-state index is 0.922. The van der Waals surface area contributed by atoms with Crippen LogP contribution in [-0.4, -0.2) is 6.26 Å². The predicted octanol–water partition coefficient (Wildman–Crippen LogP) is 4.75. The first-order valence-corrected chi connectivity index (χ1v) is 7.17. The van der Waals surface area contributed by atoms with Crippen LogP contribution in [0, 0.1) is 0 Å². The molecular weight excluding hydrogens is 240 g/mol. The molecule has 3 rings (SSSR count). The highest BCUT2D eigenvalue weighted by molar-refractivity contribution is 7.98. The summed E-state index contributed by atoms with van der Waals surface area (Å²) in [4.78, 5) is 1.30. The van der Waals surface area contributed by atoms with Crippen molar-refractivity contribution in [3.05, 3.63) is 65.9 Å². The summed E-state index contributed by atoms with van der Waals surface area (Å²) in [7, 11) is 0. The molecule has 0 atom stereocenters. The normalized spacial score (nSPS) is 10.9. The third-order valence-electron chi connectivity index (χ3n) is 3.11. The molecule has 2 heteroatoms. The van der Waals surface area contributed by atoms with Crippen LogP contribution in [0.1, 0.15) is 11.1 Å². The molecule has 0 aliphatic heterocycles. The molecule has 1 aromatic heterocycles. The first kappa shape index (κ1) is 11.4. The molecule has 3 aromatic rings. The lowest BCUT2D eigenvalue weighted by Crippen LogP contribution is -1.86. The van der Waals surface area contributed by atoms with Gasteiger partial charge in [0.2, 0.25) is 0 Å². The quantitative estimate of drug-likeness (QED) is 0.626. The summed E-state index contributed by atoms with van der Waals surface area (Å²) < 4.78 is 5.56. The summed E-state index contributed by atoms with van der Waals surface area (Å²) in [5.41, 5.74) is 3.54. The van der Waals surface area contributed by atoms with Crippen molar-refractivity contribution in [2.24, 2.45) is 0 Å². The molecule has 0 saturated carbocycles. The molecule has 0 fully saturated rings. The van der Waals surface area contributed by atoms with Gasteiger partial charge in [0, 0.05) is 22.3 Å². The topological polar surface area (TPSA) is 13.1 Å². The lowest BCUT2D eigenvalue weighted by Gasteiger charge is -2.01. The Morgan fingerprint density at radius 3 is 2.56 bits per heavy atom. The van der Waals surface area contributed by atoms with Crippen molar-refractivity contribution in [2.45, 2.75) is 11.3 Å². The Balaban J connectivity index is 1.91. The molecule has 1 nitrogen and oxygen atoms in total. The van der Waals surface area contributed by atoms with Crippen LogP contribution in [-0.2, 0) is 6.42 Å². The molecular formula is C16H14OS. The van der Waals surface area contributed by atoms with E-state index in [9.17, 15) is 0 Å². The standard InChI is InChI=1S/C16H14OS/c1-18-14-8-6-12(7-9-14)10-13-11-17-16-5-3-2-4-15(13)16/h2-9,11H,10H2,1H3. The number of furan rings is 1. The zero-order valence-electron chi connectivity index (χ0n) is 10.2. The fraction of sp³-hybridized carbons (Fsp3) is 0.125. The largest absolute Gasteiger partial charge is 0.464 e. The van der Waals surface area contributed by atoms with E-state index in [-0.39, 0.29) is 0 Å².